The number of hydrogen-bond donors (Lipinski definition) is 1. The van der Waals surface area contributed by atoms with Gasteiger partial charge in [0.2, 0.25) is 0 Å². The van der Waals surface area contributed by atoms with Gasteiger partial charge in [0, 0.05) is 21.5 Å². The molecule has 0 aliphatic carbocycles. The summed E-state index contributed by atoms with van der Waals surface area (Å²) in [5.41, 5.74) is 1.32. The van der Waals surface area contributed by atoms with E-state index < -0.39 is 0 Å². The molecule has 1 nitrogen and oxygen atoms in total. The zero-order valence-electron chi connectivity index (χ0n) is 9.89. The summed E-state index contributed by atoms with van der Waals surface area (Å²) in [4.78, 5) is 0. The molecule has 0 aromatic heterocycles. The molecule has 16 heavy (non-hydrogen) atoms. The summed E-state index contributed by atoms with van der Waals surface area (Å²) >= 11 is 7.00. The average Bonchev–Trinajstić information content (AvgIpc) is 2.28. The first-order valence-corrected chi connectivity index (χ1v) is 7.39. The Hall–Kier alpha value is 0.140. The van der Waals surface area contributed by atoms with Crippen molar-refractivity contribution in [1.82, 2.24) is 5.32 Å². The second-order valence-electron chi connectivity index (χ2n) is 4.17. The van der Waals surface area contributed by atoms with Crippen LogP contribution in [0.5, 0.6) is 0 Å². The average molecular weight is 349 g/mol. The second kappa shape index (κ2) is 7.46. The Morgan fingerprint density at radius 2 is 2.00 bits per heavy atom. The minimum absolute atomic E-state index is 0.599. The zero-order valence-corrected chi connectivity index (χ0v) is 13.1. The van der Waals surface area contributed by atoms with Crippen molar-refractivity contribution in [3.63, 3.8) is 0 Å². The van der Waals surface area contributed by atoms with Crippen LogP contribution in [0.15, 0.2) is 27.1 Å². The summed E-state index contributed by atoms with van der Waals surface area (Å²) in [5.74, 6) is 0. The monoisotopic (exact) mass is 347 g/mol. The zero-order chi connectivity index (χ0) is 12.0. The van der Waals surface area contributed by atoms with Crippen molar-refractivity contribution in [1.29, 1.82) is 0 Å². The van der Waals surface area contributed by atoms with Gasteiger partial charge in [0.25, 0.3) is 0 Å². The minimum Gasteiger partial charge on any atom is -0.310 e. The first-order valence-electron chi connectivity index (χ1n) is 5.80. The molecule has 1 atom stereocenters. The number of rotatable bonds is 6. The van der Waals surface area contributed by atoms with Crippen LogP contribution in [0.25, 0.3) is 0 Å². The molecule has 1 unspecified atom stereocenters. The fraction of sp³-hybridized carbons (Fsp3) is 0.538. The van der Waals surface area contributed by atoms with Crippen LogP contribution < -0.4 is 5.32 Å². The third kappa shape index (κ3) is 4.98. The Bertz CT molecular complexity index is 326. The van der Waals surface area contributed by atoms with Gasteiger partial charge < -0.3 is 5.32 Å². The number of hydrogen-bond acceptors (Lipinski definition) is 1. The fourth-order valence-corrected chi connectivity index (χ4v) is 2.23. The molecule has 0 aliphatic heterocycles. The fourth-order valence-electron chi connectivity index (χ4n) is 1.55. The molecule has 0 bridgehead atoms. The van der Waals surface area contributed by atoms with E-state index in [1.54, 1.807) is 0 Å². The van der Waals surface area contributed by atoms with Gasteiger partial charge in [-0.05, 0) is 62.9 Å². The quantitative estimate of drug-likeness (QED) is 0.772. The molecule has 0 amide bonds. The molecule has 3 heteroatoms. The molecule has 1 aromatic rings. The smallest absolute Gasteiger partial charge is 0.0320 e. The first kappa shape index (κ1) is 14.2. The van der Waals surface area contributed by atoms with Gasteiger partial charge in [-0.25, -0.2) is 0 Å². The van der Waals surface area contributed by atoms with Gasteiger partial charge in [0.15, 0.2) is 0 Å². The van der Waals surface area contributed by atoms with Gasteiger partial charge in [-0.15, -0.1) is 0 Å². The van der Waals surface area contributed by atoms with Gasteiger partial charge >= 0.3 is 0 Å². The molecule has 0 spiro atoms. The van der Waals surface area contributed by atoms with Crippen LogP contribution in [0.2, 0.25) is 0 Å². The summed E-state index contributed by atoms with van der Waals surface area (Å²) < 4.78 is 2.23. The first-order chi connectivity index (χ1) is 7.63. The summed E-state index contributed by atoms with van der Waals surface area (Å²) in [7, 11) is 0. The number of benzene rings is 1. The molecule has 90 valence electrons. The molecule has 0 saturated heterocycles. The van der Waals surface area contributed by atoms with E-state index >= 15 is 0 Å². The lowest BCUT2D eigenvalue weighted by molar-refractivity contribution is 0.495. The molecule has 0 saturated carbocycles. The molecule has 1 aromatic carbocycles. The molecular weight excluding hydrogens is 330 g/mol. The predicted octanol–water partition coefficient (Wildman–Crippen LogP) is 4.88. The van der Waals surface area contributed by atoms with Crippen LogP contribution in [-0.4, -0.2) is 6.04 Å². The van der Waals surface area contributed by atoms with Crippen LogP contribution in [-0.2, 0) is 6.54 Å². The Kier molecular flexibility index (Phi) is 6.62. The van der Waals surface area contributed by atoms with Crippen molar-refractivity contribution in [2.45, 2.75) is 45.7 Å². The maximum absolute atomic E-state index is 3.54. The SMILES string of the molecule is CCCCC(C)NCc1ccc(Br)c(Br)c1. The van der Waals surface area contributed by atoms with E-state index in [0.717, 1.165) is 15.5 Å². The number of halogens is 2. The van der Waals surface area contributed by atoms with E-state index in [4.69, 9.17) is 0 Å². The van der Waals surface area contributed by atoms with Crippen LogP contribution in [0.4, 0.5) is 0 Å². The molecule has 0 radical (unpaired) electrons. The van der Waals surface area contributed by atoms with Crippen molar-refractivity contribution in [2.24, 2.45) is 0 Å². The lowest BCUT2D eigenvalue weighted by Crippen LogP contribution is -2.25. The molecule has 0 aliphatic rings. The van der Waals surface area contributed by atoms with Crippen LogP contribution in [0, 0.1) is 0 Å². The van der Waals surface area contributed by atoms with Crippen LogP contribution in [0.1, 0.15) is 38.7 Å². The molecule has 0 heterocycles. The minimum atomic E-state index is 0.599. The number of unbranched alkanes of at least 4 members (excludes halogenated alkanes) is 1. The van der Waals surface area contributed by atoms with E-state index in [9.17, 15) is 0 Å². The third-order valence-corrected chi connectivity index (χ3v) is 4.51. The summed E-state index contributed by atoms with van der Waals surface area (Å²) in [6.45, 7) is 5.43. The highest BCUT2D eigenvalue weighted by atomic mass is 79.9. The van der Waals surface area contributed by atoms with Gasteiger partial charge in [0.05, 0.1) is 0 Å². The van der Waals surface area contributed by atoms with E-state index in [1.165, 1.54) is 24.8 Å². The molecule has 1 N–H and O–H groups in total. The van der Waals surface area contributed by atoms with E-state index in [0.29, 0.717) is 6.04 Å². The lowest BCUT2D eigenvalue weighted by Gasteiger charge is -2.13. The molecule has 1 rings (SSSR count). The maximum Gasteiger partial charge on any atom is 0.0320 e. The summed E-state index contributed by atoms with van der Waals surface area (Å²) in [6, 6.07) is 6.98. The molecule has 0 fully saturated rings. The predicted molar refractivity (Wildman–Crippen MR) is 77.7 cm³/mol. The van der Waals surface area contributed by atoms with Crippen molar-refractivity contribution in [3.05, 3.63) is 32.7 Å². The van der Waals surface area contributed by atoms with Gasteiger partial charge in [0.1, 0.15) is 0 Å². The van der Waals surface area contributed by atoms with Crippen molar-refractivity contribution in [2.75, 3.05) is 0 Å². The van der Waals surface area contributed by atoms with E-state index in [1.807, 2.05) is 0 Å². The Morgan fingerprint density at radius 3 is 2.62 bits per heavy atom. The van der Waals surface area contributed by atoms with Gasteiger partial charge in [-0.1, -0.05) is 25.8 Å². The Labute approximate surface area is 115 Å². The van der Waals surface area contributed by atoms with E-state index in [2.05, 4.69) is 69.2 Å². The van der Waals surface area contributed by atoms with Crippen LogP contribution >= 0.6 is 31.9 Å². The normalized spacial score (nSPS) is 12.8. The highest BCUT2D eigenvalue weighted by Gasteiger charge is 2.02. The summed E-state index contributed by atoms with van der Waals surface area (Å²) in [5, 5.41) is 3.54. The summed E-state index contributed by atoms with van der Waals surface area (Å²) in [6.07, 6.45) is 3.84. The maximum atomic E-state index is 3.54. The van der Waals surface area contributed by atoms with Gasteiger partial charge in [-0.2, -0.15) is 0 Å². The topological polar surface area (TPSA) is 12.0 Å². The lowest BCUT2D eigenvalue weighted by atomic mass is 10.1. The van der Waals surface area contributed by atoms with Gasteiger partial charge in [-0.3, -0.25) is 0 Å². The third-order valence-electron chi connectivity index (χ3n) is 2.63. The van der Waals surface area contributed by atoms with E-state index in [-0.39, 0.29) is 0 Å². The second-order valence-corrected chi connectivity index (χ2v) is 5.88. The number of nitrogens with one attached hydrogen (secondary N) is 1. The van der Waals surface area contributed by atoms with Crippen LogP contribution in [0.3, 0.4) is 0 Å². The highest BCUT2D eigenvalue weighted by molar-refractivity contribution is 9.13. The standard InChI is InChI=1S/C13H19Br2N/c1-3-4-5-10(2)16-9-11-6-7-12(14)13(15)8-11/h6-8,10,16H,3-5,9H2,1-2H3. The molecular formula is C13H19Br2N. The van der Waals surface area contributed by atoms with Crippen molar-refractivity contribution in [3.8, 4) is 0 Å². The largest absolute Gasteiger partial charge is 0.310 e. The highest BCUT2D eigenvalue weighted by Crippen LogP contribution is 2.23. The van der Waals surface area contributed by atoms with Crippen molar-refractivity contribution < 1.29 is 0 Å². The van der Waals surface area contributed by atoms with Crippen molar-refractivity contribution >= 4 is 31.9 Å². The Morgan fingerprint density at radius 1 is 1.25 bits per heavy atom. The Balaban J connectivity index is 2.39.